The van der Waals surface area contributed by atoms with Crippen LogP contribution >= 0.6 is 11.8 Å². The quantitative estimate of drug-likeness (QED) is 0.613. The van der Waals surface area contributed by atoms with Crippen molar-refractivity contribution in [3.63, 3.8) is 0 Å². The molecule has 2 aromatic carbocycles. The van der Waals surface area contributed by atoms with Crippen LogP contribution < -0.4 is 10.2 Å². The first-order valence-corrected chi connectivity index (χ1v) is 12.1. The number of thioether (sulfide) groups is 1. The first kappa shape index (κ1) is 23.7. The number of amides is 2. The Morgan fingerprint density at radius 3 is 2.50 bits per heavy atom. The Balaban J connectivity index is 1.59. The van der Waals surface area contributed by atoms with Crippen molar-refractivity contribution >= 4 is 40.5 Å². The van der Waals surface area contributed by atoms with E-state index in [4.69, 9.17) is 0 Å². The number of nitrogens with one attached hydrogen (secondary N) is 1. The Kier molecular flexibility index (Phi) is 7.13. The SMILES string of the molecule is CC(SC1=N/C(=C\c2ccccc2)C(=O)N1c1ccc(F)cc1)C(=O)NC1(C#N)CCCCC1. The first-order valence-electron chi connectivity index (χ1n) is 11.3. The van der Waals surface area contributed by atoms with Gasteiger partial charge in [-0.2, -0.15) is 5.26 Å². The fourth-order valence-electron chi connectivity index (χ4n) is 4.07. The second-order valence-corrected chi connectivity index (χ2v) is 9.76. The summed E-state index contributed by atoms with van der Waals surface area (Å²) in [7, 11) is 0. The second kappa shape index (κ2) is 10.2. The van der Waals surface area contributed by atoms with Crippen molar-refractivity contribution in [2.75, 3.05) is 4.90 Å². The average molecular weight is 477 g/mol. The summed E-state index contributed by atoms with van der Waals surface area (Å²) in [4.78, 5) is 32.2. The molecule has 4 rings (SSSR count). The zero-order valence-electron chi connectivity index (χ0n) is 18.8. The van der Waals surface area contributed by atoms with Crippen LogP contribution in [0.3, 0.4) is 0 Å². The number of rotatable bonds is 5. The molecule has 1 unspecified atom stereocenters. The molecule has 1 saturated carbocycles. The van der Waals surface area contributed by atoms with E-state index in [1.54, 1.807) is 13.0 Å². The summed E-state index contributed by atoms with van der Waals surface area (Å²) in [5.74, 6) is -1.04. The smallest absolute Gasteiger partial charge is 0.283 e. The zero-order chi connectivity index (χ0) is 24.1. The molecule has 174 valence electrons. The number of carbonyl (C=O) groups is 2. The highest BCUT2D eigenvalue weighted by Gasteiger charge is 2.37. The lowest BCUT2D eigenvalue weighted by molar-refractivity contribution is -0.122. The molecule has 0 bridgehead atoms. The molecule has 2 amide bonds. The molecular formula is C26H25FN4O2S. The van der Waals surface area contributed by atoms with Crippen LogP contribution in [0.25, 0.3) is 6.08 Å². The van der Waals surface area contributed by atoms with Crippen molar-refractivity contribution in [1.82, 2.24) is 5.32 Å². The number of carbonyl (C=O) groups excluding carboxylic acids is 2. The van der Waals surface area contributed by atoms with Crippen molar-refractivity contribution in [3.05, 3.63) is 71.7 Å². The standard InChI is InChI=1S/C26H25FN4O2S/c1-18(23(32)30-26(17-28)14-6-3-7-15-26)34-25-29-22(16-19-8-4-2-5-9-19)24(33)31(25)21-12-10-20(27)11-13-21/h2,4-5,8-13,16,18H,3,6-7,14-15H2,1H3,(H,30,32)/b22-16-. The van der Waals surface area contributed by atoms with Gasteiger partial charge in [-0.25, -0.2) is 9.38 Å². The molecule has 6 nitrogen and oxygen atoms in total. The highest BCUT2D eigenvalue weighted by Crippen LogP contribution is 2.32. The molecule has 0 spiro atoms. The summed E-state index contributed by atoms with van der Waals surface area (Å²) in [6.45, 7) is 1.72. The van der Waals surface area contributed by atoms with E-state index in [0.717, 1.165) is 36.6 Å². The van der Waals surface area contributed by atoms with Gasteiger partial charge >= 0.3 is 0 Å². The molecule has 1 N–H and O–H groups in total. The fraction of sp³-hybridized carbons (Fsp3) is 0.308. The minimum absolute atomic E-state index is 0.228. The number of amidine groups is 1. The van der Waals surface area contributed by atoms with Crippen molar-refractivity contribution in [2.24, 2.45) is 4.99 Å². The van der Waals surface area contributed by atoms with Gasteiger partial charge in [-0.15, -0.1) is 0 Å². The normalized spacial score (nSPS) is 19.4. The predicted octanol–water partition coefficient (Wildman–Crippen LogP) is 5.03. The van der Waals surface area contributed by atoms with E-state index in [2.05, 4.69) is 16.4 Å². The van der Waals surface area contributed by atoms with Gasteiger partial charge in [0.25, 0.3) is 5.91 Å². The first-order chi connectivity index (χ1) is 16.4. The van der Waals surface area contributed by atoms with E-state index in [-0.39, 0.29) is 17.5 Å². The summed E-state index contributed by atoms with van der Waals surface area (Å²) in [5, 5.41) is 12.4. The second-order valence-electron chi connectivity index (χ2n) is 8.46. The molecule has 0 saturated heterocycles. The van der Waals surface area contributed by atoms with E-state index >= 15 is 0 Å². The van der Waals surface area contributed by atoms with Gasteiger partial charge in [0.1, 0.15) is 17.1 Å². The van der Waals surface area contributed by atoms with Crippen LogP contribution in [0.1, 0.15) is 44.6 Å². The van der Waals surface area contributed by atoms with Gasteiger partial charge in [-0.05, 0) is 55.7 Å². The van der Waals surface area contributed by atoms with Gasteiger partial charge in [0, 0.05) is 0 Å². The van der Waals surface area contributed by atoms with Crippen LogP contribution in [-0.4, -0.2) is 27.8 Å². The minimum Gasteiger partial charge on any atom is -0.337 e. The Bertz CT molecular complexity index is 1170. The van der Waals surface area contributed by atoms with Crippen molar-refractivity contribution < 1.29 is 14.0 Å². The number of hydrogen-bond donors (Lipinski definition) is 1. The molecule has 1 fully saturated rings. The maximum Gasteiger partial charge on any atom is 0.283 e. The van der Waals surface area contributed by atoms with E-state index in [1.165, 1.54) is 29.2 Å². The average Bonchev–Trinajstić information content (AvgIpc) is 3.15. The molecule has 0 aromatic heterocycles. The summed E-state index contributed by atoms with van der Waals surface area (Å²) < 4.78 is 13.5. The maximum absolute atomic E-state index is 13.5. The third-order valence-electron chi connectivity index (χ3n) is 5.95. The highest BCUT2D eigenvalue weighted by molar-refractivity contribution is 8.15. The minimum atomic E-state index is -0.841. The number of nitriles is 1. The summed E-state index contributed by atoms with van der Waals surface area (Å²) in [6.07, 6.45) is 5.83. The lowest BCUT2D eigenvalue weighted by Gasteiger charge is -2.32. The summed E-state index contributed by atoms with van der Waals surface area (Å²) in [6, 6.07) is 17.2. The molecule has 2 aromatic rings. The topological polar surface area (TPSA) is 85.6 Å². The Morgan fingerprint density at radius 2 is 1.85 bits per heavy atom. The zero-order valence-corrected chi connectivity index (χ0v) is 19.6. The lowest BCUT2D eigenvalue weighted by atomic mass is 9.83. The van der Waals surface area contributed by atoms with Gasteiger partial charge in [0.2, 0.25) is 5.91 Å². The molecule has 1 aliphatic carbocycles. The van der Waals surface area contributed by atoms with Crippen LogP contribution in [0.4, 0.5) is 10.1 Å². The molecule has 1 aliphatic heterocycles. The number of halogens is 1. The number of anilines is 1. The molecule has 1 heterocycles. The fourth-order valence-corrected chi connectivity index (χ4v) is 5.00. The molecule has 2 aliphatic rings. The monoisotopic (exact) mass is 476 g/mol. The van der Waals surface area contributed by atoms with Gasteiger partial charge in [0.15, 0.2) is 5.17 Å². The molecule has 0 radical (unpaired) electrons. The van der Waals surface area contributed by atoms with E-state index < -0.39 is 16.6 Å². The maximum atomic E-state index is 13.5. The largest absolute Gasteiger partial charge is 0.337 e. The number of nitrogens with zero attached hydrogens (tertiary/aromatic N) is 3. The van der Waals surface area contributed by atoms with E-state index in [1.807, 2.05) is 30.3 Å². The Labute approximate surface area is 202 Å². The van der Waals surface area contributed by atoms with Gasteiger partial charge in [0.05, 0.1) is 17.0 Å². The molecule has 1 atom stereocenters. The number of aliphatic imine (C=N–C) groups is 1. The number of hydrogen-bond acceptors (Lipinski definition) is 5. The van der Waals surface area contributed by atoms with Gasteiger partial charge in [-0.1, -0.05) is 61.4 Å². The Hall–Kier alpha value is -3.44. The predicted molar refractivity (Wildman–Crippen MR) is 132 cm³/mol. The van der Waals surface area contributed by atoms with Crippen LogP contribution in [0, 0.1) is 17.1 Å². The van der Waals surface area contributed by atoms with E-state index in [9.17, 15) is 19.2 Å². The summed E-state index contributed by atoms with van der Waals surface area (Å²) >= 11 is 1.14. The molecular weight excluding hydrogens is 451 g/mol. The van der Waals surface area contributed by atoms with E-state index in [0.29, 0.717) is 23.7 Å². The molecule has 34 heavy (non-hydrogen) atoms. The van der Waals surface area contributed by atoms with Crippen molar-refractivity contribution in [3.8, 4) is 6.07 Å². The molecule has 8 heteroatoms. The van der Waals surface area contributed by atoms with Crippen molar-refractivity contribution in [2.45, 2.75) is 49.8 Å². The van der Waals surface area contributed by atoms with Crippen LogP contribution in [0.2, 0.25) is 0 Å². The van der Waals surface area contributed by atoms with Crippen LogP contribution in [0.5, 0.6) is 0 Å². The van der Waals surface area contributed by atoms with Crippen molar-refractivity contribution in [1.29, 1.82) is 5.26 Å². The lowest BCUT2D eigenvalue weighted by Crippen LogP contribution is -2.51. The number of benzene rings is 2. The van der Waals surface area contributed by atoms with Crippen LogP contribution in [0.15, 0.2) is 65.3 Å². The Morgan fingerprint density at radius 1 is 1.18 bits per heavy atom. The van der Waals surface area contributed by atoms with Gasteiger partial charge in [-0.3, -0.25) is 14.5 Å². The highest BCUT2D eigenvalue weighted by atomic mass is 32.2. The summed E-state index contributed by atoms with van der Waals surface area (Å²) in [5.41, 5.74) is 0.666. The van der Waals surface area contributed by atoms with Crippen LogP contribution in [-0.2, 0) is 9.59 Å². The third-order valence-corrected chi connectivity index (χ3v) is 7.00. The van der Waals surface area contributed by atoms with Gasteiger partial charge < -0.3 is 5.32 Å². The third kappa shape index (κ3) is 5.20.